The molecular formula is C35H21N3O2. The first-order valence-corrected chi connectivity index (χ1v) is 13.1. The third-order valence-corrected chi connectivity index (χ3v) is 7.85. The van der Waals surface area contributed by atoms with Gasteiger partial charge < -0.3 is 4.57 Å². The third kappa shape index (κ3) is 3.12. The van der Waals surface area contributed by atoms with E-state index in [9.17, 15) is 9.59 Å². The lowest BCUT2D eigenvalue weighted by Gasteiger charge is -2.27. The van der Waals surface area contributed by atoms with E-state index in [0.29, 0.717) is 22.2 Å². The highest BCUT2D eigenvalue weighted by Crippen LogP contribution is 2.38. The van der Waals surface area contributed by atoms with Crippen molar-refractivity contribution in [3.05, 3.63) is 139 Å². The number of imide groups is 1. The van der Waals surface area contributed by atoms with Crippen molar-refractivity contribution in [2.75, 3.05) is 4.90 Å². The minimum atomic E-state index is -0.326. The largest absolute Gasteiger partial charge is 0.309 e. The number of hydrogen-bond donors (Lipinski definition) is 0. The SMILES string of the molecule is O=C1c2cccc3c(-c4ccc(-n5c6ccccc6c6ccccc65)cc4)ccc(c23)C(=O)N1c1ccncc1. The molecule has 188 valence electrons. The highest BCUT2D eigenvalue weighted by molar-refractivity contribution is 6.36. The van der Waals surface area contributed by atoms with Crippen LogP contribution in [-0.2, 0) is 0 Å². The summed E-state index contributed by atoms with van der Waals surface area (Å²) < 4.78 is 2.29. The summed E-state index contributed by atoms with van der Waals surface area (Å²) in [5, 5.41) is 4.03. The Morgan fingerprint density at radius 2 is 1.05 bits per heavy atom. The average Bonchev–Trinajstić information content (AvgIpc) is 3.35. The fourth-order valence-electron chi connectivity index (χ4n) is 6.07. The second-order valence-electron chi connectivity index (χ2n) is 9.96. The summed E-state index contributed by atoms with van der Waals surface area (Å²) in [4.78, 5) is 32.3. The molecular weight excluding hydrogens is 494 g/mol. The number of amides is 2. The molecule has 0 aliphatic carbocycles. The number of carbonyl (C=O) groups is 2. The zero-order valence-corrected chi connectivity index (χ0v) is 21.3. The lowest BCUT2D eigenvalue weighted by molar-refractivity contribution is 0.0893. The number of para-hydroxylation sites is 2. The molecule has 5 heteroatoms. The Balaban J connectivity index is 1.26. The quantitative estimate of drug-likeness (QED) is 0.226. The van der Waals surface area contributed by atoms with Gasteiger partial charge in [0.05, 0.1) is 16.7 Å². The smallest absolute Gasteiger partial charge is 0.265 e. The first kappa shape index (κ1) is 22.4. The number of benzene rings is 5. The van der Waals surface area contributed by atoms with Gasteiger partial charge in [0, 0.05) is 45.4 Å². The Hall–Kier alpha value is -5.55. The molecule has 2 aromatic heterocycles. The van der Waals surface area contributed by atoms with Gasteiger partial charge in [-0.2, -0.15) is 0 Å². The van der Waals surface area contributed by atoms with E-state index in [1.807, 2.05) is 24.3 Å². The highest BCUT2D eigenvalue weighted by Gasteiger charge is 2.34. The lowest BCUT2D eigenvalue weighted by atomic mass is 9.89. The molecule has 5 nitrogen and oxygen atoms in total. The van der Waals surface area contributed by atoms with Crippen LogP contribution < -0.4 is 4.90 Å². The minimum Gasteiger partial charge on any atom is -0.309 e. The normalized spacial score (nSPS) is 13.1. The Morgan fingerprint density at radius 3 is 1.73 bits per heavy atom. The van der Waals surface area contributed by atoms with E-state index in [0.717, 1.165) is 33.2 Å². The van der Waals surface area contributed by atoms with Crippen molar-refractivity contribution in [2.45, 2.75) is 0 Å². The monoisotopic (exact) mass is 515 g/mol. The van der Waals surface area contributed by atoms with Gasteiger partial charge in [-0.15, -0.1) is 0 Å². The molecule has 1 aliphatic heterocycles. The summed E-state index contributed by atoms with van der Waals surface area (Å²) in [5.41, 5.74) is 6.94. The maximum absolute atomic E-state index is 13.5. The van der Waals surface area contributed by atoms with Gasteiger partial charge in [0.1, 0.15) is 0 Å². The van der Waals surface area contributed by atoms with E-state index < -0.39 is 0 Å². The van der Waals surface area contributed by atoms with Crippen LogP contribution in [0.4, 0.5) is 5.69 Å². The van der Waals surface area contributed by atoms with Crippen LogP contribution in [0.2, 0.25) is 0 Å². The first-order chi connectivity index (χ1) is 19.7. The van der Waals surface area contributed by atoms with Crippen LogP contribution in [0.1, 0.15) is 20.7 Å². The predicted octanol–water partition coefficient (Wildman–Crippen LogP) is 7.80. The second kappa shape index (κ2) is 8.48. The standard InChI is InChI=1S/C35H21N3O2/c39-34-29-9-5-8-28-25(16-17-30(33(28)29)35(40)38(34)24-18-20-36-21-19-24)22-12-14-23(15-13-22)37-31-10-3-1-6-26(31)27-7-2-4-11-32(27)37/h1-21H. The van der Waals surface area contributed by atoms with Crippen molar-refractivity contribution in [1.82, 2.24) is 9.55 Å². The van der Waals surface area contributed by atoms with Gasteiger partial charge in [-0.05, 0) is 65.0 Å². The zero-order chi connectivity index (χ0) is 26.8. The zero-order valence-electron chi connectivity index (χ0n) is 21.3. The fraction of sp³-hybridized carbons (Fsp3) is 0. The van der Waals surface area contributed by atoms with Crippen molar-refractivity contribution in [3.63, 3.8) is 0 Å². The summed E-state index contributed by atoms with van der Waals surface area (Å²) in [6.07, 6.45) is 3.16. The van der Waals surface area contributed by atoms with E-state index in [2.05, 4.69) is 82.3 Å². The Labute approximate surface area is 229 Å². The molecule has 0 bridgehead atoms. The number of anilines is 1. The van der Waals surface area contributed by atoms with Crippen LogP contribution in [-0.4, -0.2) is 21.4 Å². The summed E-state index contributed by atoms with van der Waals surface area (Å²) >= 11 is 0. The van der Waals surface area contributed by atoms with Gasteiger partial charge in [-0.25, -0.2) is 4.90 Å². The molecule has 0 fully saturated rings. The van der Waals surface area contributed by atoms with Crippen LogP contribution in [0.3, 0.4) is 0 Å². The summed E-state index contributed by atoms with van der Waals surface area (Å²) in [5.74, 6) is -0.652. The van der Waals surface area contributed by atoms with Gasteiger partial charge in [0.15, 0.2) is 0 Å². The van der Waals surface area contributed by atoms with Gasteiger partial charge >= 0.3 is 0 Å². The molecule has 3 heterocycles. The maximum atomic E-state index is 13.5. The molecule has 2 amide bonds. The number of pyridine rings is 1. The average molecular weight is 516 g/mol. The van der Waals surface area contributed by atoms with Crippen molar-refractivity contribution >= 4 is 50.1 Å². The number of aromatic nitrogens is 2. The topological polar surface area (TPSA) is 55.2 Å². The molecule has 0 spiro atoms. The summed E-state index contributed by atoms with van der Waals surface area (Å²) in [7, 11) is 0. The van der Waals surface area contributed by atoms with Gasteiger partial charge in [0.2, 0.25) is 0 Å². The van der Waals surface area contributed by atoms with Crippen molar-refractivity contribution < 1.29 is 9.59 Å². The molecule has 0 unspecified atom stereocenters. The van der Waals surface area contributed by atoms with E-state index in [-0.39, 0.29) is 11.8 Å². The van der Waals surface area contributed by atoms with Crippen molar-refractivity contribution in [2.24, 2.45) is 0 Å². The van der Waals surface area contributed by atoms with Gasteiger partial charge in [-0.1, -0.05) is 66.7 Å². The number of hydrogen-bond acceptors (Lipinski definition) is 3. The molecule has 0 saturated heterocycles. The summed E-state index contributed by atoms with van der Waals surface area (Å²) in [6.45, 7) is 0. The molecule has 5 aromatic carbocycles. The van der Waals surface area contributed by atoms with E-state index in [1.165, 1.54) is 15.7 Å². The number of rotatable bonds is 3. The van der Waals surface area contributed by atoms with E-state index >= 15 is 0 Å². The Kier molecular flexibility index (Phi) is 4.76. The summed E-state index contributed by atoms with van der Waals surface area (Å²) in [6, 6.07) is 38.2. The van der Waals surface area contributed by atoms with Crippen LogP contribution >= 0.6 is 0 Å². The van der Waals surface area contributed by atoms with Gasteiger partial charge in [0.25, 0.3) is 11.8 Å². The van der Waals surface area contributed by atoms with Gasteiger partial charge in [-0.3, -0.25) is 14.6 Å². The lowest BCUT2D eigenvalue weighted by Crippen LogP contribution is -2.40. The number of carbonyl (C=O) groups excluding carboxylic acids is 2. The Bertz CT molecular complexity index is 2070. The third-order valence-electron chi connectivity index (χ3n) is 7.85. The molecule has 0 atom stereocenters. The molecule has 0 N–H and O–H groups in total. The minimum absolute atomic E-state index is 0.326. The molecule has 40 heavy (non-hydrogen) atoms. The maximum Gasteiger partial charge on any atom is 0.265 e. The van der Waals surface area contributed by atoms with Crippen LogP contribution in [0.15, 0.2) is 128 Å². The van der Waals surface area contributed by atoms with Crippen molar-refractivity contribution in [1.29, 1.82) is 0 Å². The molecule has 8 rings (SSSR count). The van der Waals surface area contributed by atoms with Crippen LogP contribution in [0, 0.1) is 0 Å². The highest BCUT2D eigenvalue weighted by atomic mass is 16.2. The molecule has 0 saturated carbocycles. The number of fused-ring (bicyclic) bond motifs is 3. The fourth-order valence-corrected chi connectivity index (χ4v) is 6.07. The first-order valence-electron chi connectivity index (χ1n) is 13.1. The van der Waals surface area contributed by atoms with E-state index in [1.54, 1.807) is 30.6 Å². The molecule has 0 radical (unpaired) electrons. The number of nitrogens with zero attached hydrogens (tertiary/aromatic N) is 3. The van der Waals surface area contributed by atoms with Crippen molar-refractivity contribution in [3.8, 4) is 16.8 Å². The van der Waals surface area contributed by atoms with Crippen LogP contribution in [0.25, 0.3) is 49.4 Å². The molecule has 7 aromatic rings. The second-order valence-corrected chi connectivity index (χ2v) is 9.96. The van der Waals surface area contributed by atoms with Crippen LogP contribution in [0.5, 0.6) is 0 Å². The van der Waals surface area contributed by atoms with E-state index in [4.69, 9.17) is 0 Å². The predicted molar refractivity (Wildman–Crippen MR) is 159 cm³/mol. The molecule has 1 aliphatic rings. The Morgan fingerprint density at radius 1 is 0.475 bits per heavy atom.